The van der Waals surface area contributed by atoms with Crippen LogP contribution in [0.4, 0.5) is 0 Å². The van der Waals surface area contributed by atoms with Crippen molar-refractivity contribution in [1.82, 2.24) is 15.6 Å². The number of ether oxygens (including phenoxy) is 2. The lowest BCUT2D eigenvalue weighted by molar-refractivity contribution is 0.140. The molecule has 1 aliphatic rings. The molecular formula is C22H30N4O3. The van der Waals surface area contributed by atoms with E-state index >= 15 is 0 Å². The number of aromatic nitrogens is 1. The number of hydrogen-bond donors (Lipinski definition) is 3. The second kappa shape index (κ2) is 10.8. The third kappa shape index (κ3) is 6.44. The van der Waals surface area contributed by atoms with Crippen molar-refractivity contribution in [1.29, 1.82) is 0 Å². The Morgan fingerprint density at radius 1 is 1.31 bits per heavy atom. The first-order valence-corrected chi connectivity index (χ1v) is 10.1. The van der Waals surface area contributed by atoms with Gasteiger partial charge in [-0.15, -0.1) is 0 Å². The van der Waals surface area contributed by atoms with Crippen molar-refractivity contribution in [3.05, 3.63) is 59.4 Å². The number of aliphatic hydroxyl groups excluding tert-OH is 1. The van der Waals surface area contributed by atoms with Crippen LogP contribution in [0.1, 0.15) is 36.1 Å². The highest BCUT2D eigenvalue weighted by atomic mass is 16.5. The third-order valence-electron chi connectivity index (χ3n) is 4.71. The molecule has 29 heavy (non-hydrogen) atoms. The summed E-state index contributed by atoms with van der Waals surface area (Å²) in [6.45, 7) is 7.00. The molecule has 1 fully saturated rings. The zero-order valence-electron chi connectivity index (χ0n) is 17.1. The van der Waals surface area contributed by atoms with Gasteiger partial charge >= 0.3 is 0 Å². The number of aryl methyl sites for hydroxylation is 1. The smallest absolute Gasteiger partial charge is 0.191 e. The van der Waals surface area contributed by atoms with Gasteiger partial charge in [0, 0.05) is 37.5 Å². The highest BCUT2D eigenvalue weighted by Gasteiger charge is 2.18. The molecule has 0 amide bonds. The molecule has 2 atom stereocenters. The summed E-state index contributed by atoms with van der Waals surface area (Å²) in [4.78, 5) is 8.65. The van der Waals surface area contributed by atoms with E-state index in [1.807, 2.05) is 6.92 Å². The number of benzene rings is 1. The van der Waals surface area contributed by atoms with Crippen molar-refractivity contribution in [2.45, 2.75) is 39.0 Å². The fraction of sp³-hybridized carbons (Fsp3) is 0.455. The van der Waals surface area contributed by atoms with Crippen LogP contribution in [0.15, 0.2) is 47.7 Å². The molecule has 0 radical (unpaired) electrons. The molecule has 3 rings (SSSR count). The molecule has 0 spiro atoms. The van der Waals surface area contributed by atoms with Crippen LogP contribution in [0.25, 0.3) is 0 Å². The molecular weight excluding hydrogens is 368 g/mol. The van der Waals surface area contributed by atoms with Crippen molar-refractivity contribution in [3.8, 4) is 5.75 Å². The zero-order chi connectivity index (χ0) is 20.5. The summed E-state index contributed by atoms with van der Waals surface area (Å²) < 4.78 is 11.6. The van der Waals surface area contributed by atoms with E-state index in [4.69, 9.17) is 9.47 Å². The number of aliphatic hydroxyl groups is 1. The molecule has 1 aliphatic heterocycles. The van der Waals surface area contributed by atoms with E-state index in [9.17, 15) is 5.11 Å². The van der Waals surface area contributed by atoms with Crippen LogP contribution in [0.3, 0.4) is 0 Å². The van der Waals surface area contributed by atoms with E-state index in [2.05, 4.69) is 45.7 Å². The Morgan fingerprint density at radius 3 is 2.86 bits per heavy atom. The van der Waals surface area contributed by atoms with Crippen LogP contribution >= 0.6 is 0 Å². The summed E-state index contributed by atoms with van der Waals surface area (Å²) in [5, 5.41) is 16.8. The third-order valence-corrected chi connectivity index (χ3v) is 4.71. The topological polar surface area (TPSA) is 88.0 Å². The van der Waals surface area contributed by atoms with Gasteiger partial charge in [0.15, 0.2) is 5.96 Å². The lowest BCUT2D eigenvalue weighted by atomic mass is 10.1. The van der Waals surface area contributed by atoms with Gasteiger partial charge in [0.1, 0.15) is 11.9 Å². The Morgan fingerprint density at radius 2 is 2.14 bits per heavy atom. The molecule has 0 bridgehead atoms. The summed E-state index contributed by atoms with van der Waals surface area (Å²) in [6.07, 6.45) is 3.72. The lowest BCUT2D eigenvalue weighted by Gasteiger charge is -2.17. The van der Waals surface area contributed by atoms with Crippen molar-refractivity contribution >= 4 is 5.96 Å². The van der Waals surface area contributed by atoms with Gasteiger partial charge in [-0.1, -0.05) is 12.1 Å². The molecule has 7 heteroatoms. The Kier molecular flexibility index (Phi) is 7.84. The second-order valence-electron chi connectivity index (χ2n) is 7.09. The largest absolute Gasteiger partial charge is 0.488 e. The predicted octanol–water partition coefficient (Wildman–Crippen LogP) is 2.35. The first-order chi connectivity index (χ1) is 14.2. The number of rotatable bonds is 8. The molecule has 1 saturated heterocycles. The van der Waals surface area contributed by atoms with Gasteiger partial charge in [0.2, 0.25) is 0 Å². The average molecular weight is 399 g/mol. The van der Waals surface area contributed by atoms with E-state index in [1.54, 1.807) is 24.5 Å². The number of hydrogen-bond acceptors (Lipinski definition) is 5. The summed E-state index contributed by atoms with van der Waals surface area (Å²) in [7, 11) is 0. The summed E-state index contributed by atoms with van der Waals surface area (Å²) in [5.74, 6) is 1.51. The van der Waals surface area contributed by atoms with Crippen LogP contribution in [-0.4, -0.2) is 48.5 Å². The molecule has 3 N–H and O–H groups in total. The number of aliphatic imine (C=N–C) groups is 1. The van der Waals surface area contributed by atoms with Gasteiger partial charge in [-0.2, -0.15) is 0 Å². The van der Waals surface area contributed by atoms with E-state index < -0.39 is 6.10 Å². The maximum atomic E-state index is 10.4. The summed E-state index contributed by atoms with van der Waals surface area (Å²) in [6, 6.07) is 9.78. The van der Waals surface area contributed by atoms with Gasteiger partial charge in [-0.3, -0.25) is 4.98 Å². The fourth-order valence-corrected chi connectivity index (χ4v) is 3.09. The Bertz CT molecular complexity index is 792. The Balaban J connectivity index is 1.64. The molecule has 156 valence electrons. The normalized spacial score (nSPS) is 17.8. The Hall–Kier alpha value is -2.64. The van der Waals surface area contributed by atoms with E-state index in [-0.39, 0.29) is 6.10 Å². The minimum atomic E-state index is -0.637. The zero-order valence-corrected chi connectivity index (χ0v) is 17.1. The molecule has 0 saturated carbocycles. The number of guanidine groups is 1. The van der Waals surface area contributed by atoms with E-state index in [0.717, 1.165) is 42.0 Å². The molecule has 2 heterocycles. The maximum Gasteiger partial charge on any atom is 0.191 e. The van der Waals surface area contributed by atoms with Crippen molar-refractivity contribution in [2.24, 2.45) is 4.99 Å². The minimum absolute atomic E-state index is 0.0985. The summed E-state index contributed by atoms with van der Waals surface area (Å²) in [5.41, 5.74) is 2.99. The van der Waals surface area contributed by atoms with Gasteiger partial charge in [0.05, 0.1) is 25.9 Å². The molecule has 0 aliphatic carbocycles. The number of nitrogens with one attached hydrogen (secondary N) is 2. The minimum Gasteiger partial charge on any atom is -0.488 e. The first kappa shape index (κ1) is 21.1. The van der Waals surface area contributed by atoms with Crippen LogP contribution < -0.4 is 15.4 Å². The van der Waals surface area contributed by atoms with Crippen molar-refractivity contribution in [3.63, 3.8) is 0 Å². The predicted molar refractivity (Wildman–Crippen MR) is 113 cm³/mol. The maximum absolute atomic E-state index is 10.4. The molecule has 2 aromatic rings. The SMILES string of the molecule is CCNC(=NCc1ccc(C)cc1OC1CCOC1)NCC(O)c1ccncc1. The highest BCUT2D eigenvalue weighted by molar-refractivity contribution is 5.79. The molecule has 7 nitrogen and oxygen atoms in total. The molecule has 1 aromatic heterocycles. The summed E-state index contributed by atoms with van der Waals surface area (Å²) >= 11 is 0. The monoisotopic (exact) mass is 398 g/mol. The van der Waals surface area contributed by atoms with Gasteiger partial charge < -0.3 is 25.2 Å². The van der Waals surface area contributed by atoms with Crippen molar-refractivity contribution in [2.75, 3.05) is 26.3 Å². The molecule has 2 unspecified atom stereocenters. The van der Waals surface area contributed by atoms with Crippen LogP contribution in [-0.2, 0) is 11.3 Å². The highest BCUT2D eigenvalue weighted by Crippen LogP contribution is 2.24. The first-order valence-electron chi connectivity index (χ1n) is 10.1. The number of nitrogens with zero attached hydrogens (tertiary/aromatic N) is 2. The second-order valence-corrected chi connectivity index (χ2v) is 7.09. The number of pyridine rings is 1. The standard InChI is InChI=1S/C22H30N4O3/c1-3-24-22(26-14-20(27)17-6-9-23-10-7-17)25-13-18-5-4-16(2)12-21(18)29-19-8-11-28-15-19/h4-7,9-10,12,19-20,27H,3,8,11,13-15H2,1-2H3,(H2,24,25,26). The molecule has 1 aromatic carbocycles. The van der Waals surface area contributed by atoms with E-state index in [1.165, 1.54) is 0 Å². The fourth-order valence-electron chi connectivity index (χ4n) is 3.09. The average Bonchev–Trinajstić information content (AvgIpc) is 3.24. The van der Waals surface area contributed by atoms with Crippen LogP contribution in [0.5, 0.6) is 5.75 Å². The van der Waals surface area contributed by atoms with Gasteiger partial charge in [-0.25, -0.2) is 4.99 Å². The Labute approximate surface area is 172 Å². The van der Waals surface area contributed by atoms with Crippen LogP contribution in [0, 0.1) is 6.92 Å². The quantitative estimate of drug-likeness (QED) is 0.467. The van der Waals surface area contributed by atoms with E-state index in [0.29, 0.717) is 25.7 Å². The van der Waals surface area contributed by atoms with Gasteiger partial charge in [-0.05, 0) is 43.2 Å². The lowest BCUT2D eigenvalue weighted by Crippen LogP contribution is -2.39. The van der Waals surface area contributed by atoms with Crippen molar-refractivity contribution < 1.29 is 14.6 Å². The van der Waals surface area contributed by atoms with Crippen LogP contribution in [0.2, 0.25) is 0 Å². The van der Waals surface area contributed by atoms with Gasteiger partial charge in [0.25, 0.3) is 0 Å².